The Morgan fingerprint density at radius 1 is 1.47 bits per heavy atom. The number of hydrogen-bond acceptors (Lipinski definition) is 2. The maximum absolute atomic E-state index is 13.3. The van der Waals surface area contributed by atoms with Crippen molar-refractivity contribution in [3.63, 3.8) is 0 Å². The normalized spacial score (nSPS) is 12.8. The van der Waals surface area contributed by atoms with E-state index in [1.165, 1.54) is 6.07 Å². The highest BCUT2D eigenvalue weighted by atomic mass is 19.1. The highest BCUT2D eigenvalue weighted by molar-refractivity contribution is 5.24. The Balaban J connectivity index is 2.66. The van der Waals surface area contributed by atoms with Gasteiger partial charge < -0.3 is 10.5 Å². The number of halogens is 1. The molecule has 0 fully saturated rings. The minimum absolute atomic E-state index is 0.158. The summed E-state index contributed by atoms with van der Waals surface area (Å²) >= 11 is 0. The molecule has 0 bridgehead atoms. The van der Waals surface area contributed by atoms with Crippen molar-refractivity contribution in [2.45, 2.75) is 39.5 Å². The largest absolute Gasteiger partial charge is 0.374 e. The molecule has 0 heterocycles. The van der Waals surface area contributed by atoms with Crippen LogP contribution in [0.15, 0.2) is 18.2 Å². The van der Waals surface area contributed by atoms with Crippen LogP contribution in [0.2, 0.25) is 0 Å². The molecule has 1 atom stereocenters. The molecular formula is C12H18FNO. The molecule has 2 N–H and O–H groups in total. The Labute approximate surface area is 90.2 Å². The van der Waals surface area contributed by atoms with Crippen LogP contribution in [0, 0.1) is 5.82 Å². The molecule has 1 aromatic carbocycles. The molecule has 2 nitrogen and oxygen atoms in total. The average Bonchev–Trinajstić information content (AvgIpc) is 2.27. The predicted molar refractivity (Wildman–Crippen MR) is 58.8 cm³/mol. The van der Waals surface area contributed by atoms with Crippen molar-refractivity contribution >= 4 is 0 Å². The quantitative estimate of drug-likeness (QED) is 0.812. The van der Waals surface area contributed by atoms with Gasteiger partial charge in [0, 0.05) is 12.1 Å². The van der Waals surface area contributed by atoms with Gasteiger partial charge >= 0.3 is 0 Å². The lowest BCUT2D eigenvalue weighted by atomic mass is 10.1. The first-order chi connectivity index (χ1) is 7.17. The maximum atomic E-state index is 13.3. The third-order valence-corrected chi connectivity index (χ3v) is 2.44. The molecule has 84 valence electrons. The second-order valence-electron chi connectivity index (χ2n) is 3.66. The van der Waals surface area contributed by atoms with Crippen LogP contribution in [0.4, 0.5) is 4.39 Å². The van der Waals surface area contributed by atoms with Crippen LogP contribution in [-0.2, 0) is 17.9 Å². The SMILES string of the molecule is CCC(C)OCc1cc(CN)ccc1F. The highest BCUT2D eigenvalue weighted by Crippen LogP contribution is 2.13. The van der Waals surface area contributed by atoms with E-state index in [0.29, 0.717) is 18.7 Å². The minimum Gasteiger partial charge on any atom is -0.374 e. The van der Waals surface area contributed by atoms with Crippen LogP contribution in [0.3, 0.4) is 0 Å². The van der Waals surface area contributed by atoms with Crippen LogP contribution in [0.1, 0.15) is 31.4 Å². The van der Waals surface area contributed by atoms with Gasteiger partial charge in [0.15, 0.2) is 0 Å². The van der Waals surface area contributed by atoms with Crippen molar-refractivity contribution in [1.29, 1.82) is 0 Å². The zero-order valence-corrected chi connectivity index (χ0v) is 9.29. The van der Waals surface area contributed by atoms with Gasteiger partial charge in [-0.1, -0.05) is 13.0 Å². The second-order valence-corrected chi connectivity index (χ2v) is 3.66. The summed E-state index contributed by atoms with van der Waals surface area (Å²) in [6.07, 6.45) is 1.09. The number of benzene rings is 1. The van der Waals surface area contributed by atoms with Gasteiger partial charge in [-0.25, -0.2) is 4.39 Å². The number of ether oxygens (including phenoxy) is 1. The van der Waals surface area contributed by atoms with Crippen LogP contribution in [0.5, 0.6) is 0 Å². The van der Waals surface area contributed by atoms with E-state index in [4.69, 9.17) is 10.5 Å². The molecule has 0 aromatic heterocycles. The molecule has 0 saturated heterocycles. The molecule has 0 saturated carbocycles. The summed E-state index contributed by atoms with van der Waals surface area (Å²) in [4.78, 5) is 0. The van der Waals surface area contributed by atoms with Crippen molar-refractivity contribution < 1.29 is 9.13 Å². The number of nitrogens with two attached hydrogens (primary N) is 1. The first-order valence-corrected chi connectivity index (χ1v) is 5.26. The third kappa shape index (κ3) is 3.61. The van der Waals surface area contributed by atoms with Gasteiger partial charge in [-0.3, -0.25) is 0 Å². The van der Waals surface area contributed by atoms with Crippen LogP contribution in [0.25, 0.3) is 0 Å². The maximum Gasteiger partial charge on any atom is 0.128 e. The molecular weight excluding hydrogens is 193 g/mol. The summed E-state index contributed by atoms with van der Waals surface area (Å²) in [5.41, 5.74) is 7.00. The summed E-state index contributed by atoms with van der Waals surface area (Å²) in [7, 11) is 0. The predicted octanol–water partition coefficient (Wildman–Crippen LogP) is 2.60. The first-order valence-electron chi connectivity index (χ1n) is 5.26. The van der Waals surface area contributed by atoms with Gasteiger partial charge in [-0.15, -0.1) is 0 Å². The molecule has 1 aromatic rings. The van der Waals surface area contributed by atoms with Gasteiger partial charge in [-0.2, -0.15) is 0 Å². The lowest BCUT2D eigenvalue weighted by Gasteiger charge is -2.11. The molecule has 15 heavy (non-hydrogen) atoms. The van der Waals surface area contributed by atoms with Gasteiger partial charge in [0.1, 0.15) is 5.82 Å². The Morgan fingerprint density at radius 3 is 2.80 bits per heavy atom. The van der Waals surface area contributed by atoms with Gasteiger partial charge in [0.05, 0.1) is 12.7 Å². The molecule has 0 aliphatic rings. The molecule has 0 aliphatic carbocycles. The van der Waals surface area contributed by atoms with E-state index >= 15 is 0 Å². The van der Waals surface area contributed by atoms with E-state index < -0.39 is 0 Å². The number of hydrogen-bond donors (Lipinski definition) is 1. The monoisotopic (exact) mass is 211 g/mol. The lowest BCUT2D eigenvalue weighted by Crippen LogP contribution is -2.08. The van der Waals surface area contributed by atoms with Crippen LogP contribution >= 0.6 is 0 Å². The van der Waals surface area contributed by atoms with E-state index in [2.05, 4.69) is 0 Å². The summed E-state index contributed by atoms with van der Waals surface area (Å²) in [5.74, 6) is -0.226. The summed E-state index contributed by atoms with van der Waals surface area (Å²) in [6, 6.07) is 4.90. The fourth-order valence-electron chi connectivity index (χ4n) is 1.22. The fraction of sp³-hybridized carbons (Fsp3) is 0.500. The standard InChI is InChI=1S/C12H18FNO/c1-3-9(2)15-8-11-6-10(7-14)4-5-12(11)13/h4-6,9H,3,7-8,14H2,1-2H3. The molecule has 0 amide bonds. The summed E-state index contributed by atoms with van der Waals surface area (Å²) in [6.45, 7) is 4.76. The first kappa shape index (κ1) is 12.1. The van der Waals surface area contributed by atoms with Crippen molar-refractivity contribution in [1.82, 2.24) is 0 Å². The third-order valence-electron chi connectivity index (χ3n) is 2.44. The lowest BCUT2D eigenvalue weighted by molar-refractivity contribution is 0.0492. The van der Waals surface area contributed by atoms with Crippen molar-refractivity contribution in [3.8, 4) is 0 Å². The van der Waals surface area contributed by atoms with E-state index in [9.17, 15) is 4.39 Å². The smallest absolute Gasteiger partial charge is 0.128 e. The Bertz CT molecular complexity index is 314. The van der Waals surface area contributed by atoms with E-state index in [1.807, 2.05) is 13.8 Å². The van der Waals surface area contributed by atoms with Gasteiger partial charge in [0.2, 0.25) is 0 Å². The molecule has 0 aliphatic heterocycles. The van der Waals surface area contributed by atoms with Crippen molar-refractivity contribution in [3.05, 3.63) is 35.1 Å². The summed E-state index contributed by atoms with van der Waals surface area (Å²) in [5, 5.41) is 0. The molecule has 1 unspecified atom stereocenters. The van der Waals surface area contributed by atoms with Crippen molar-refractivity contribution in [2.24, 2.45) is 5.73 Å². The second kappa shape index (κ2) is 5.83. The fourth-order valence-corrected chi connectivity index (χ4v) is 1.22. The molecule has 1 rings (SSSR count). The zero-order chi connectivity index (χ0) is 11.3. The highest BCUT2D eigenvalue weighted by Gasteiger charge is 2.05. The Morgan fingerprint density at radius 2 is 2.20 bits per heavy atom. The Kier molecular flexibility index (Phi) is 4.72. The topological polar surface area (TPSA) is 35.2 Å². The van der Waals surface area contributed by atoms with E-state index in [1.54, 1.807) is 12.1 Å². The molecule has 3 heteroatoms. The van der Waals surface area contributed by atoms with Gasteiger partial charge in [-0.05, 0) is 31.0 Å². The Hall–Kier alpha value is -0.930. The molecule has 0 radical (unpaired) electrons. The average molecular weight is 211 g/mol. The van der Waals surface area contributed by atoms with E-state index in [-0.39, 0.29) is 11.9 Å². The number of rotatable bonds is 5. The summed E-state index contributed by atoms with van der Waals surface area (Å²) < 4.78 is 18.8. The zero-order valence-electron chi connectivity index (χ0n) is 9.29. The van der Waals surface area contributed by atoms with Crippen LogP contribution in [-0.4, -0.2) is 6.10 Å². The van der Waals surface area contributed by atoms with Crippen LogP contribution < -0.4 is 5.73 Å². The van der Waals surface area contributed by atoms with E-state index in [0.717, 1.165) is 12.0 Å². The molecule has 0 spiro atoms. The van der Waals surface area contributed by atoms with Crippen molar-refractivity contribution in [2.75, 3.05) is 0 Å². The minimum atomic E-state index is -0.226. The van der Waals surface area contributed by atoms with Gasteiger partial charge in [0.25, 0.3) is 0 Å².